The highest BCUT2D eigenvalue weighted by Gasteiger charge is 2.43. The summed E-state index contributed by atoms with van der Waals surface area (Å²) in [6.45, 7) is 5.27. The summed E-state index contributed by atoms with van der Waals surface area (Å²) < 4.78 is 14.9. The third-order valence-electron chi connectivity index (χ3n) is 5.78. The highest BCUT2D eigenvalue weighted by molar-refractivity contribution is 5.96. The number of hydrogen-bond donors (Lipinski definition) is 1. The van der Waals surface area contributed by atoms with Crippen LogP contribution in [0.4, 0.5) is 4.39 Å². The molecule has 5 nitrogen and oxygen atoms in total. The van der Waals surface area contributed by atoms with Crippen molar-refractivity contribution in [2.45, 2.75) is 32.7 Å². The molecule has 1 aromatic heterocycles. The number of benzene rings is 1. The number of nitrogens with two attached hydrogens (primary N) is 1. The van der Waals surface area contributed by atoms with Gasteiger partial charge in [-0.1, -0.05) is 0 Å². The molecule has 2 N–H and O–H groups in total. The third kappa shape index (κ3) is 2.65. The molecular weight excluding hydrogens is 319 g/mol. The minimum atomic E-state index is -0.290. The minimum absolute atomic E-state index is 0.0324. The van der Waals surface area contributed by atoms with Crippen LogP contribution in [0.1, 0.15) is 34.6 Å². The third-order valence-corrected chi connectivity index (χ3v) is 5.78. The second-order valence-electron chi connectivity index (χ2n) is 7.31. The summed E-state index contributed by atoms with van der Waals surface area (Å²) >= 11 is 0. The number of aryl methyl sites for hydroxylation is 1. The number of amides is 1. The molecule has 3 atom stereocenters. The molecule has 2 heterocycles. The van der Waals surface area contributed by atoms with Crippen LogP contribution in [0.5, 0.6) is 0 Å². The lowest BCUT2D eigenvalue weighted by molar-refractivity contribution is 0.0778. The van der Waals surface area contributed by atoms with E-state index in [0.717, 1.165) is 37.3 Å². The number of nitrogens with zero attached hydrogens (tertiary/aromatic N) is 3. The van der Waals surface area contributed by atoms with E-state index < -0.39 is 0 Å². The molecule has 1 saturated carbocycles. The highest BCUT2D eigenvalue weighted by atomic mass is 19.1. The molecule has 1 saturated heterocycles. The maximum Gasteiger partial charge on any atom is 0.257 e. The number of halogens is 1. The number of fused-ring (bicyclic) bond motifs is 1. The van der Waals surface area contributed by atoms with Crippen molar-refractivity contribution < 1.29 is 9.18 Å². The Bertz CT molecular complexity index is 814. The summed E-state index contributed by atoms with van der Waals surface area (Å²) in [7, 11) is 0. The second kappa shape index (κ2) is 5.95. The SMILES string of the molecule is Cc1nn(-c2ccc(F)cc2)c(C)c1C(=O)N1CC2CCC(N)C2C1. The van der Waals surface area contributed by atoms with Gasteiger partial charge in [-0.25, -0.2) is 9.07 Å². The molecule has 0 spiro atoms. The molecular formula is C19H23FN4O. The van der Waals surface area contributed by atoms with E-state index in [1.54, 1.807) is 16.8 Å². The van der Waals surface area contributed by atoms with Gasteiger partial charge in [-0.3, -0.25) is 4.79 Å². The molecule has 0 bridgehead atoms. The Balaban J connectivity index is 1.63. The molecule has 1 aromatic carbocycles. The molecule has 3 unspecified atom stereocenters. The first-order chi connectivity index (χ1) is 12.0. The van der Waals surface area contributed by atoms with Crippen molar-refractivity contribution in [1.82, 2.24) is 14.7 Å². The van der Waals surface area contributed by atoms with Gasteiger partial charge >= 0.3 is 0 Å². The summed E-state index contributed by atoms with van der Waals surface area (Å²) in [6, 6.07) is 6.35. The number of rotatable bonds is 2. The van der Waals surface area contributed by atoms with E-state index in [1.807, 2.05) is 18.7 Å². The zero-order chi connectivity index (χ0) is 17.7. The lowest BCUT2D eigenvalue weighted by Crippen LogP contribution is -2.34. The molecule has 0 radical (unpaired) electrons. The highest BCUT2D eigenvalue weighted by Crippen LogP contribution is 2.38. The molecule has 4 rings (SSSR count). The van der Waals surface area contributed by atoms with Crippen molar-refractivity contribution >= 4 is 5.91 Å². The van der Waals surface area contributed by atoms with Gasteiger partial charge in [0.05, 0.1) is 22.6 Å². The van der Waals surface area contributed by atoms with Crippen molar-refractivity contribution in [3.8, 4) is 5.69 Å². The first-order valence-corrected chi connectivity index (χ1v) is 8.82. The number of carbonyl (C=O) groups is 1. The van der Waals surface area contributed by atoms with Gasteiger partial charge in [0.1, 0.15) is 5.82 Å². The van der Waals surface area contributed by atoms with Gasteiger partial charge in [-0.15, -0.1) is 0 Å². The van der Waals surface area contributed by atoms with Crippen LogP contribution < -0.4 is 5.73 Å². The Labute approximate surface area is 146 Å². The quantitative estimate of drug-likeness (QED) is 0.912. The maximum absolute atomic E-state index is 13.2. The Morgan fingerprint density at radius 2 is 1.92 bits per heavy atom. The van der Waals surface area contributed by atoms with Gasteiger partial charge in [0, 0.05) is 19.1 Å². The van der Waals surface area contributed by atoms with Gasteiger partial charge in [-0.2, -0.15) is 5.10 Å². The van der Waals surface area contributed by atoms with Crippen molar-refractivity contribution in [3.05, 3.63) is 47.0 Å². The minimum Gasteiger partial charge on any atom is -0.338 e. The molecule has 2 aromatic rings. The largest absolute Gasteiger partial charge is 0.338 e. The first-order valence-electron chi connectivity index (χ1n) is 8.82. The molecule has 6 heteroatoms. The van der Waals surface area contributed by atoms with Crippen LogP contribution in [-0.2, 0) is 0 Å². The smallest absolute Gasteiger partial charge is 0.257 e. The Hall–Kier alpha value is -2.21. The van der Waals surface area contributed by atoms with E-state index in [4.69, 9.17) is 5.73 Å². The van der Waals surface area contributed by atoms with Crippen LogP contribution >= 0.6 is 0 Å². The topological polar surface area (TPSA) is 64.2 Å². The van der Waals surface area contributed by atoms with Crippen LogP contribution in [0.15, 0.2) is 24.3 Å². The fourth-order valence-electron chi connectivity index (χ4n) is 4.42. The summed E-state index contributed by atoms with van der Waals surface area (Å²) in [5, 5.41) is 4.51. The molecule has 2 fully saturated rings. The van der Waals surface area contributed by atoms with Crippen molar-refractivity contribution in [2.75, 3.05) is 13.1 Å². The van der Waals surface area contributed by atoms with Gasteiger partial charge in [-0.05, 0) is 62.8 Å². The molecule has 1 amide bonds. The van der Waals surface area contributed by atoms with Crippen molar-refractivity contribution in [3.63, 3.8) is 0 Å². The van der Waals surface area contributed by atoms with Crippen LogP contribution in [0.25, 0.3) is 5.69 Å². The fourth-order valence-corrected chi connectivity index (χ4v) is 4.42. The predicted molar refractivity (Wildman–Crippen MR) is 93.1 cm³/mol. The zero-order valence-electron chi connectivity index (χ0n) is 14.6. The number of carbonyl (C=O) groups excluding carboxylic acids is 1. The van der Waals surface area contributed by atoms with E-state index in [2.05, 4.69) is 5.10 Å². The van der Waals surface area contributed by atoms with E-state index in [-0.39, 0.29) is 17.8 Å². The van der Waals surface area contributed by atoms with Crippen LogP contribution in [0.2, 0.25) is 0 Å². The van der Waals surface area contributed by atoms with Gasteiger partial charge in [0.15, 0.2) is 0 Å². The second-order valence-corrected chi connectivity index (χ2v) is 7.31. The van der Waals surface area contributed by atoms with Gasteiger partial charge in [0.25, 0.3) is 5.91 Å². The molecule has 132 valence electrons. The number of hydrogen-bond acceptors (Lipinski definition) is 3. The van der Waals surface area contributed by atoms with Gasteiger partial charge in [0.2, 0.25) is 0 Å². The van der Waals surface area contributed by atoms with E-state index in [1.165, 1.54) is 12.1 Å². The molecule has 1 aliphatic carbocycles. The standard InChI is InChI=1S/C19H23FN4O/c1-11-18(12(2)24(22-11)15-6-4-14(20)5-7-15)19(25)23-9-13-3-8-17(21)16(13)10-23/h4-7,13,16-17H,3,8-10,21H2,1-2H3. The Morgan fingerprint density at radius 3 is 2.60 bits per heavy atom. The van der Waals surface area contributed by atoms with Crippen LogP contribution in [0.3, 0.4) is 0 Å². The van der Waals surface area contributed by atoms with E-state index >= 15 is 0 Å². The normalized spacial score (nSPS) is 25.4. The summed E-state index contributed by atoms with van der Waals surface area (Å²) in [4.78, 5) is 15.0. The molecule has 1 aliphatic heterocycles. The monoisotopic (exact) mass is 342 g/mol. The van der Waals surface area contributed by atoms with Gasteiger partial charge < -0.3 is 10.6 Å². The summed E-state index contributed by atoms with van der Waals surface area (Å²) in [6.07, 6.45) is 2.18. The first kappa shape index (κ1) is 16.3. The number of likely N-dealkylation sites (tertiary alicyclic amines) is 1. The average molecular weight is 342 g/mol. The molecule has 25 heavy (non-hydrogen) atoms. The van der Waals surface area contributed by atoms with Crippen molar-refractivity contribution in [2.24, 2.45) is 17.6 Å². The zero-order valence-corrected chi connectivity index (χ0v) is 14.6. The van der Waals surface area contributed by atoms with Crippen molar-refractivity contribution in [1.29, 1.82) is 0 Å². The number of aromatic nitrogens is 2. The van der Waals surface area contributed by atoms with Crippen LogP contribution in [0, 0.1) is 31.5 Å². The van der Waals surface area contributed by atoms with Crippen LogP contribution in [-0.4, -0.2) is 39.7 Å². The Kier molecular flexibility index (Phi) is 3.87. The fraction of sp³-hybridized carbons (Fsp3) is 0.474. The lowest BCUT2D eigenvalue weighted by Gasteiger charge is -2.19. The lowest BCUT2D eigenvalue weighted by atomic mass is 9.98. The predicted octanol–water partition coefficient (Wildman–Crippen LogP) is 2.44. The van der Waals surface area contributed by atoms with E-state index in [9.17, 15) is 9.18 Å². The average Bonchev–Trinajstić information content (AvgIpc) is 3.23. The summed E-state index contributed by atoms with van der Waals surface area (Å²) in [5.74, 6) is 0.704. The van der Waals surface area contributed by atoms with E-state index in [0.29, 0.717) is 23.1 Å². The maximum atomic E-state index is 13.2. The summed E-state index contributed by atoms with van der Waals surface area (Å²) in [5.41, 5.74) is 9.08. The molecule has 2 aliphatic rings. The Morgan fingerprint density at radius 1 is 1.20 bits per heavy atom.